The zero-order valence-corrected chi connectivity index (χ0v) is 23.3. The molecule has 0 saturated heterocycles. The van der Waals surface area contributed by atoms with Gasteiger partial charge in [-0.2, -0.15) is 13.2 Å². The van der Waals surface area contributed by atoms with Gasteiger partial charge in [0.25, 0.3) is 17.7 Å². The number of likely N-dealkylation sites (N-methyl/N-ethyl adjacent to an activating group) is 1. The van der Waals surface area contributed by atoms with Crippen LogP contribution in [0, 0.1) is 13.8 Å². The van der Waals surface area contributed by atoms with Gasteiger partial charge < -0.3 is 25.8 Å². The minimum Gasteiger partial charge on any atom is -0.358 e. The summed E-state index contributed by atoms with van der Waals surface area (Å²) in [7, 11) is 0. The van der Waals surface area contributed by atoms with Crippen molar-refractivity contribution in [1.82, 2.24) is 15.2 Å². The Bertz CT molecular complexity index is 1520. The fraction of sp³-hybridized carbons (Fsp3) is 0.300. The third-order valence-corrected chi connectivity index (χ3v) is 7.11. The van der Waals surface area contributed by atoms with Crippen LogP contribution in [0.25, 0.3) is 11.6 Å². The highest BCUT2D eigenvalue weighted by Gasteiger charge is 2.31. The molecule has 1 aliphatic rings. The number of alkyl halides is 3. The molecule has 8 nitrogen and oxygen atoms in total. The van der Waals surface area contributed by atoms with Crippen LogP contribution in [0.2, 0.25) is 0 Å². The second-order valence-corrected chi connectivity index (χ2v) is 9.75. The molecule has 4 N–H and O–H groups in total. The minimum atomic E-state index is -4.57. The molecular weight excluding hydrogens is 535 g/mol. The summed E-state index contributed by atoms with van der Waals surface area (Å²) in [5.41, 5.74) is 3.19. The first kappa shape index (κ1) is 29.6. The van der Waals surface area contributed by atoms with Gasteiger partial charge in [0.05, 0.1) is 22.4 Å². The molecule has 2 aromatic carbocycles. The third kappa shape index (κ3) is 6.51. The lowest BCUT2D eigenvalue weighted by molar-refractivity contribution is -0.137. The van der Waals surface area contributed by atoms with E-state index < -0.39 is 17.6 Å². The molecule has 1 aliphatic heterocycles. The van der Waals surface area contributed by atoms with Crippen molar-refractivity contribution in [1.29, 1.82) is 0 Å². The molecule has 2 heterocycles. The van der Waals surface area contributed by atoms with Crippen LogP contribution in [0.3, 0.4) is 0 Å². The van der Waals surface area contributed by atoms with Crippen molar-refractivity contribution in [3.63, 3.8) is 0 Å². The summed E-state index contributed by atoms with van der Waals surface area (Å²) in [4.78, 5) is 43.8. The molecule has 0 radical (unpaired) electrons. The molecule has 0 unspecified atom stereocenters. The van der Waals surface area contributed by atoms with E-state index in [1.54, 1.807) is 31.2 Å². The average molecular weight is 568 g/mol. The molecule has 11 heteroatoms. The topological polar surface area (TPSA) is 106 Å². The fourth-order valence-corrected chi connectivity index (χ4v) is 4.81. The number of nitrogens with one attached hydrogen (secondary N) is 4. The number of H-pyrrole nitrogens is 1. The summed E-state index contributed by atoms with van der Waals surface area (Å²) in [6.45, 7) is 10.8. The van der Waals surface area contributed by atoms with Crippen LogP contribution in [0.15, 0.2) is 42.5 Å². The maximum Gasteiger partial charge on any atom is 0.416 e. The smallest absolute Gasteiger partial charge is 0.358 e. The van der Waals surface area contributed by atoms with Crippen LogP contribution in [0.1, 0.15) is 62.6 Å². The van der Waals surface area contributed by atoms with Gasteiger partial charge in [0.1, 0.15) is 0 Å². The van der Waals surface area contributed by atoms with E-state index in [-0.39, 0.29) is 17.4 Å². The molecule has 0 fully saturated rings. The van der Waals surface area contributed by atoms with Crippen LogP contribution in [-0.4, -0.2) is 53.8 Å². The summed E-state index contributed by atoms with van der Waals surface area (Å²) in [5.74, 6) is -1.26. The maximum absolute atomic E-state index is 13.0. The number of carbonyl (C=O) groups is 3. The number of carbonyl (C=O) groups excluding carboxylic acids is 3. The van der Waals surface area contributed by atoms with Gasteiger partial charge in [0, 0.05) is 41.3 Å². The zero-order chi connectivity index (χ0) is 29.9. The number of nitrogens with zero attached hydrogens (tertiary/aromatic N) is 1. The molecule has 3 aromatic rings. The molecule has 1 aromatic heterocycles. The third-order valence-electron chi connectivity index (χ3n) is 7.11. The van der Waals surface area contributed by atoms with Gasteiger partial charge in [-0.25, -0.2) is 0 Å². The molecule has 3 amide bonds. The lowest BCUT2D eigenvalue weighted by atomic mass is 10.0. The lowest BCUT2D eigenvalue weighted by Gasteiger charge is -2.18. The average Bonchev–Trinajstić information content (AvgIpc) is 3.39. The highest BCUT2D eigenvalue weighted by molar-refractivity contribution is 6.35. The molecule has 0 atom stereocenters. The van der Waals surface area contributed by atoms with Gasteiger partial charge in [0.15, 0.2) is 0 Å². The van der Waals surface area contributed by atoms with Crippen molar-refractivity contribution < 1.29 is 27.6 Å². The number of hydrogen-bond acceptors (Lipinski definition) is 4. The summed E-state index contributed by atoms with van der Waals surface area (Å²) >= 11 is 0. The predicted molar refractivity (Wildman–Crippen MR) is 153 cm³/mol. The number of benzene rings is 2. The molecule has 4 rings (SSSR count). The summed E-state index contributed by atoms with van der Waals surface area (Å²) in [5, 5.41) is 8.30. The van der Waals surface area contributed by atoms with E-state index in [2.05, 4.69) is 39.7 Å². The number of aromatic nitrogens is 1. The Labute approximate surface area is 236 Å². The van der Waals surface area contributed by atoms with Crippen molar-refractivity contribution in [2.24, 2.45) is 0 Å². The standard InChI is InChI=1S/C30H32F3N5O3/c1-5-38(6-2)13-12-34-29(41)26-17(3)24(35-18(26)4)16-23-22-11-10-21(15-25(22)37-28(23)40)36-27(39)19-8-7-9-20(14-19)30(31,32)33/h7-11,14-16,35H,5-6,12-13H2,1-4H3,(H,34,41)(H,36,39)(H,37,40). The molecule has 0 saturated carbocycles. The Balaban J connectivity index is 1.52. The normalized spacial score (nSPS) is 13.9. The number of aryl methyl sites for hydroxylation is 1. The van der Waals surface area contributed by atoms with Gasteiger partial charge >= 0.3 is 6.18 Å². The van der Waals surface area contributed by atoms with Gasteiger partial charge in [-0.05, 0) is 68.9 Å². The highest BCUT2D eigenvalue weighted by Crippen LogP contribution is 2.36. The van der Waals surface area contributed by atoms with Crippen LogP contribution in [-0.2, 0) is 11.0 Å². The first-order valence-electron chi connectivity index (χ1n) is 13.3. The Morgan fingerprint density at radius 1 is 1.02 bits per heavy atom. The molecule has 216 valence electrons. The summed E-state index contributed by atoms with van der Waals surface area (Å²) in [6.07, 6.45) is -2.89. The van der Waals surface area contributed by atoms with Gasteiger partial charge in [0.2, 0.25) is 0 Å². The molecule has 41 heavy (non-hydrogen) atoms. The molecule has 0 spiro atoms. The maximum atomic E-state index is 13.0. The number of fused-ring (bicyclic) bond motifs is 1. The van der Waals surface area contributed by atoms with Crippen LogP contribution in [0.4, 0.5) is 24.5 Å². The van der Waals surface area contributed by atoms with E-state index in [1.807, 2.05) is 6.92 Å². The number of rotatable bonds is 9. The quantitative estimate of drug-likeness (QED) is 0.258. The minimum absolute atomic E-state index is 0.143. The number of aromatic amines is 1. The van der Waals surface area contributed by atoms with Gasteiger partial charge in [-0.3, -0.25) is 14.4 Å². The first-order valence-corrected chi connectivity index (χ1v) is 13.3. The lowest BCUT2D eigenvalue weighted by Crippen LogP contribution is -2.35. The Hall–Kier alpha value is -4.38. The van der Waals surface area contributed by atoms with E-state index in [0.717, 1.165) is 31.8 Å². The van der Waals surface area contributed by atoms with E-state index >= 15 is 0 Å². The highest BCUT2D eigenvalue weighted by atomic mass is 19.4. The van der Waals surface area contributed by atoms with Crippen LogP contribution >= 0.6 is 0 Å². The number of anilines is 2. The Morgan fingerprint density at radius 2 is 1.76 bits per heavy atom. The molecule has 0 aliphatic carbocycles. The SMILES string of the molecule is CCN(CC)CCNC(=O)c1c(C)[nH]c(C=C2C(=O)Nc3cc(NC(=O)c4cccc(C(F)(F)F)c4)ccc32)c1C. The van der Waals surface area contributed by atoms with Crippen molar-refractivity contribution in [2.45, 2.75) is 33.9 Å². The van der Waals surface area contributed by atoms with E-state index in [1.165, 1.54) is 12.1 Å². The summed E-state index contributed by atoms with van der Waals surface area (Å²) in [6, 6.07) is 8.90. The number of halogens is 3. The van der Waals surface area contributed by atoms with Crippen molar-refractivity contribution >= 4 is 40.7 Å². The van der Waals surface area contributed by atoms with Crippen LogP contribution < -0.4 is 16.0 Å². The van der Waals surface area contributed by atoms with Gasteiger partial charge in [-0.15, -0.1) is 0 Å². The fourth-order valence-electron chi connectivity index (χ4n) is 4.81. The van der Waals surface area contributed by atoms with E-state index in [9.17, 15) is 27.6 Å². The molecular formula is C30H32F3N5O3. The Kier molecular flexibility index (Phi) is 8.67. The largest absolute Gasteiger partial charge is 0.416 e. The predicted octanol–water partition coefficient (Wildman–Crippen LogP) is 5.47. The van der Waals surface area contributed by atoms with Gasteiger partial charge in [-0.1, -0.05) is 26.0 Å². The van der Waals surface area contributed by atoms with Crippen LogP contribution in [0.5, 0.6) is 0 Å². The second kappa shape index (κ2) is 12.0. The summed E-state index contributed by atoms with van der Waals surface area (Å²) < 4.78 is 39.1. The van der Waals surface area contributed by atoms with E-state index in [4.69, 9.17) is 0 Å². The monoisotopic (exact) mass is 567 g/mol. The second-order valence-electron chi connectivity index (χ2n) is 9.75. The number of hydrogen-bond donors (Lipinski definition) is 4. The van der Waals surface area contributed by atoms with Crippen molar-refractivity contribution in [3.8, 4) is 0 Å². The Morgan fingerprint density at radius 3 is 2.44 bits per heavy atom. The zero-order valence-electron chi connectivity index (χ0n) is 23.3. The van der Waals surface area contributed by atoms with E-state index in [0.29, 0.717) is 51.6 Å². The molecule has 0 bridgehead atoms. The van der Waals surface area contributed by atoms with Crippen molar-refractivity contribution in [3.05, 3.63) is 81.7 Å². The van der Waals surface area contributed by atoms with Crippen molar-refractivity contribution in [2.75, 3.05) is 36.8 Å². The number of amides is 3. The first-order chi connectivity index (χ1) is 19.4.